The number of hydrogen-bond acceptors (Lipinski definition) is 3. The molecule has 1 atom stereocenters. The molecule has 1 aliphatic heterocycles. The van der Waals surface area contributed by atoms with E-state index in [1.165, 1.54) is 43.9 Å². The van der Waals surface area contributed by atoms with Crippen LogP contribution in [-0.4, -0.2) is 28.0 Å². The third kappa shape index (κ3) is 2.65. The SMILES string of the molecule is CC(c1ccc(-c2cc(=O)[nH]cn2)cc1)N1CCCC1. The number of aromatic nitrogens is 2. The Bertz CT molecular complexity index is 627. The summed E-state index contributed by atoms with van der Waals surface area (Å²) in [5.74, 6) is 0. The van der Waals surface area contributed by atoms with Crippen LogP contribution in [0.25, 0.3) is 11.3 Å². The van der Waals surface area contributed by atoms with E-state index in [0.29, 0.717) is 11.7 Å². The molecule has 1 aromatic carbocycles. The highest BCUT2D eigenvalue weighted by Gasteiger charge is 2.19. The van der Waals surface area contributed by atoms with E-state index in [1.807, 2.05) is 12.1 Å². The molecule has 4 heteroatoms. The smallest absolute Gasteiger partial charge is 0.251 e. The van der Waals surface area contributed by atoms with E-state index in [1.54, 1.807) is 0 Å². The molecule has 20 heavy (non-hydrogen) atoms. The van der Waals surface area contributed by atoms with Crippen LogP contribution in [0.4, 0.5) is 0 Å². The van der Waals surface area contributed by atoms with E-state index in [-0.39, 0.29) is 5.56 Å². The van der Waals surface area contributed by atoms with Crippen LogP contribution >= 0.6 is 0 Å². The number of nitrogens with zero attached hydrogens (tertiary/aromatic N) is 2. The number of rotatable bonds is 3. The van der Waals surface area contributed by atoms with Gasteiger partial charge in [0, 0.05) is 17.7 Å². The van der Waals surface area contributed by atoms with Crippen molar-refractivity contribution in [1.82, 2.24) is 14.9 Å². The minimum absolute atomic E-state index is 0.121. The molecule has 0 aliphatic carbocycles. The molecule has 0 saturated carbocycles. The summed E-state index contributed by atoms with van der Waals surface area (Å²) in [5, 5.41) is 0. The lowest BCUT2D eigenvalue weighted by Crippen LogP contribution is -2.23. The predicted octanol–water partition coefficient (Wildman–Crippen LogP) is 2.59. The van der Waals surface area contributed by atoms with Crippen molar-refractivity contribution >= 4 is 0 Å². The Balaban J connectivity index is 1.82. The molecule has 0 radical (unpaired) electrons. The maximum atomic E-state index is 11.3. The van der Waals surface area contributed by atoms with Crippen LogP contribution < -0.4 is 5.56 Å². The van der Waals surface area contributed by atoms with E-state index < -0.39 is 0 Å². The first-order valence-corrected chi connectivity index (χ1v) is 7.13. The lowest BCUT2D eigenvalue weighted by Gasteiger charge is -2.24. The van der Waals surface area contributed by atoms with Crippen molar-refractivity contribution in [1.29, 1.82) is 0 Å². The van der Waals surface area contributed by atoms with Crippen molar-refractivity contribution in [2.75, 3.05) is 13.1 Å². The van der Waals surface area contributed by atoms with Crippen LogP contribution in [0, 0.1) is 0 Å². The van der Waals surface area contributed by atoms with Crippen LogP contribution in [0.15, 0.2) is 41.5 Å². The van der Waals surface area contributed by atoms with Crippen molar-refractivity contribution in [3.05, 3.63) is 52.6 Å². The summed E-state index contributed by atoms with van der Waals surface area (Å²) in [4.78, 5) is 20.6. The van der Waals surface area contributed by atoms with Gasteiger partial charge in [-0.2, -0.15) is 0 Å². The van der Waals surface area contributed by atoms with Crippen LogP contribution in [-0.2, 0) is 0 Å². The van der Waals surface area contributed by atoms with Crippen molar-refractivity contribution in [3.63, 3.8) is 0 Å². The maximum Gasteiger partial charge on any atom is 0.251 e. The molecule has 2 heterocycles. The summed E-state index contributed by atoms with van der Waals surface area (Å²) in [5.41, 5.74) is 2.90. The summed E-state index contributed by atoms with van der Waals surface area (Å²) in [6.45, 7) is 4.64. The molecule has 0 spiro atoms. The molecule has 1 aliphatic rings. The van der Waals surface area contributed by atoms with Crippen molar-refractivity contribution in [2.24, 2.45) is 0 Å². The second kappa shape index (κ2) is 5.59. The summed E-state index contributed by atoms with van der Waals surface area (Å²) < 4.78 is 0. The van der Waals surface area contributed by atoms with E-state index in [2.05, 4.69) is 33.9 Å². The second-order valence-corrected chi connectivity index (χ2v) is 5.34. The fourth-order valence-corrected chi connectivity index (χ4v) is 2.80. The van der Waals surface area contributed by atoms with Gasteiger partial charge in [0.2, 0.25) is 0 Å². The van der Waals surface area contributed by atoms with Crippen LogP contribution in [0.5, 0.6) is 0 Å². The molecule has 1 aromatic heterocycles. The monoisotopic (exact) mass is 269 g/mol. The number of likely N-dealkylation sites (tertiary alicyclic amines) is 1. The minimum atomic E-state index is -0.121. The highest BCUT2D eigenvalue weighted by Crippen LogP contribution is 2.26. The first-order valence-electron chi connectivity index (χ1n) is 7.13. The third-order valence-electron chi connectivity index (χ3n) is 4.06. The molecule has 0 bridgehead atoms. The second-order valence-electron chi connectivity index (χ2n) is 5.34. The van der Waals surface area contributed by atoms with E-state index in [9.17, 15) is 4.79 Å². The van der Waals surface area contributed by atoms with E-state index >= 15 is 0 Å². The van der Waals surface area contributed by atoms with Gasteiger partial charge >= 0.3 is 0 Å². The zero-order valence-electron chi connectivity index (χ0n) is 11.7. The molecule has 1 fully saturated rings. The van der Waals surface area contributed by atoms with Crippen molar-refractivity contribution in [2.45, 2.75) is 25.8 Å². The number of aromatic amines is 1. The van der Waals surface area contributed by atoms with Gasteiger partial charge in [-0.25, -0.2) is 4.98 Å². The molecule has 1 unspecified atom stereocenters. The largest absolute Gasteiger partial charge is 0.313 e. The Morgan fingerprint density at radius 2 is 1.90 bits per heavy atom. The molecule has 1 saturated heterocycles. The molecule has 4 nitrogen and oxygen atoms in total. The summed E-state index contributed by atoms with van der Waals surface area (Å²) in [6, 6.07) is 10.4. The molecule has 0 amide bonds. The number of H-pyrrole nitrogens is 1. The Morgan fingerprint density at radius 1 is 1.20 bits per heavy atom. The highest BCUT2D eigenvalue weighted by molar-refractivity contribution is 5.58. The van der Waals surface area contributed by atoms with Crippen LogP contribution in [0.3, 0.4) is 0 Å². The standard InChI is InChI=1S/C16H19N3O/c1-12(19-8-2-3-9-19)13-4-6-14(7-5-13)15-10-16(20)18-11-17-15/h4-7,10-12H,2-3,8-9H2,1H3,(H,17,18,20). The van der Waals surface area contributed by atoms with Gasteiger partial charge in [0.15, 0.2) is 0 Å². The van der Waals surface area contributed by atoms with Crippen LogP contribution in [0.1, 0.15) is 31.4 Å². The number of nitrogens with one attached hydrogen (secondary N) is 1. The highest BCUT2D eigenvalue weighted by atomic mass is 16.1. The zero-order chi connectivity index (χ0) is 13.9. The van der Waals surface area contributed by atoms with Crippen molar-refractivity contribution in [3.8, 4) is 11.3 Å². The minimum Gasteiger partial charge on any atom is -0.313 e. The van der Waals surface area contributed by atoms with E-state index in [4.69, 9.17) is 0 Å². The molecular weight excluding hydrogens is 250 g/mol. The first kappa shape index (κ1) is 13.1. The third-order valence-corrected chi connectivity index (χ3v) is 4.06. The Hall–Kier alpha value is -1.94. The van der Waals surface area contributed by atoms with Gasteiger partial charge in [0.25, 0.3) is 5.56 Å². The fourth-order valence-electron chi connectivity index (χ4n) is 2.80. The lowest BCUT2D eigenvalue weighted by molar-refractivity contribution is 0.263. The molecular formula is C16H19N3O. The average molecular weight is 269 g/mol. The van der Waals surface area contributed by atoms with E-state index in [0.717, 1.165) is 5.56 Å². The van der Waals surface area contributed by atoms with Gasteiger partial charge in [-0.05, 0) is 38.4 Å². The molecule has 1 N–H and O–H groups in total. The number of hydrogen-bond donors (Lipinski definition) is 1. The Labute approximate surface area is 118 Å². The molecule has 104 valence electrons. The van der Waals surface area contributed by atoms with Gasteiger partial charge in [0.1, 0.15) is 0 Å². The van der Waals surface area contributed by atoms with Gasteiger partial charge in [-0.3, -0.25) is 9.69 Å². The van der Waals surface area contributed by atoms with Gasteiger partial charge in [-0.15, -0.1) is 0 Å². The van der Waals surface area contributed by atoms with Crippen molar-refractivity contribution < 1.29 is 0 Å². The predicted molar refractivity (Wildman–Crippen MR) is 79.5 cm³/mol. The summed E-state index contributed by atoms with van der Waals surface area (Å²) >= 11 is 0. The van der Waals surface area contributed by atoms with Crippen LogP contribution in [0.2, 0.25) is 0 Å². The quantitative estimate of drug-likeness (QED) is 0.931. The van der Waals surface area contributed by atoms with Gasteiger partial charge < -0.3 is 4.98 Å². The topological polar surface area (TPSA) is 49.0 Å². The first-order chi connectivity index (χ1) is 9.74. The lowest BCUT2D eigenvalue weighted by atomic mass is 10.0. The summed E-state index contributed by atoms with van der Waals surface area (Å²) in [6.07, 6.45) is 4.05. The molecule has 2 aromatic rings. The van der Waals surface area contributed by atoms with Gasteiger partial charge in [-0.1, -0.05) is 24.3 Å². The van der Waals surface area contributed by atoms with Gasteiger partial charge in [0.05, 0.1) is 12.0 Å². The average Bonchev–Trinajstić information content (AvgIpc) is 3.01. The summed E-state index contributed by atoms with van der Waals surface area (Å²) in [7, 11) is 0. The Kier molecular flexibility index (Phi) is 3.65. The Morgan fingerprint density at radius 3 is 2.55 bits per heavy atom. The number of benzene rings is 1. The fraction of sp³-hybridized carbons (Fsp3) is 0.375. The normalized spacial score (nSPS) is 17.2. The molecule has 3 rings (SSSR count). The maximum absolute atomic E-state index is 11.3. The zero-order valence-corrected chi connectivity index (χ0v) is 11.7.